The zero-order valence-electron chi connectivity index (χ0n) is 14.7. The van der Waals surface area contributed by atoms with Crippen LogP contribution >= 0.6 is 0 Å². The summed E-state index contributed by atoms with van der Waals surface area (Å²) in [6.45, 7) is 2.22. The van der Waals surface area contributed by atoms with Crippen LogP contribution in [-0.2, 0) is 10.0 Å². The smallest absolute Gasteiger partial charge is 0.213 e. The molecule has 0 N–H and O–H groups in total. The summed E-state index contributed by atoms with van der Waals surface area (Å²) in [6, 6.07) is 13.7. The van der Waals surface area contributed by atoms with Crippen molar-refractivity contribution in [2.24, 2.45) is 5.92 Å². The molecule has 3 rings (SSSR count). The zero-order valence-corrected chi connectivity index (χ0v) is 15.5. The van der Waals surface area contributed by atoms with E-state index in [0.29, 0.717) is 30.5 Å². The molecule has 0 bridgehead atoms. The standard InChI is InChI=1S/C20H22FNO3S/c1-2-26(24,25)22-12-6-9-17(14-22)20(23)16-10-11-18(19(21)13-16)15-7-4-3-5-8-15/h3-5,7-8,10-11,13,17H,2,6,9,12,14H2,1H3/t17-/m0/s1. The van der Waals surface area contributed by atoms with Crippen molar-refractivity contribution in [2.45, 2.75) is 19.8 Å². The maximum absolute atomic E-state index is 14.5. The van der Waals surface area contributed by atoms with Crippen LogP contribution in [0, 0.1) is 11.7 Å². The van der Waals surface area contributed by atoms with Gasteiger partial charge in [0.05, 0.1) is 5.75 Å². The molecule has 0 radical (unpaired) electrons. The van der Waals surface area contributed by atoms with Gasteiger partial charge in [-0.25, -0.2) is 17.1 Å². The lowest BCUT2D eigenvalue weighted by molar-refractivity contribution is 0.0872. The van der Waals surface area contributed by atoms with Crippen molar-refractivity contribution in [3.63, 3.8) is 0 Å². The van der Waals surface area contributed by atoms with Gasteiger partial charge >= 0.3 is 0 Å². The van der Waals surface area contributed by atoms with Crippen molar-refractivity contribution < 1.29 is 17.6 Å². The van der Waals surface area contributed by atoms with Gasteiger partial charge in [-0.15, -0.1) is 0 Å². The minimum atomic E-state index is -3.31. The highest BCUT2D eigenvalue weighted by Crippen LogP contribution is 2.27. The Labute approximate surface area is 153 Å². The number of rotatable bonds is 5. The summed E-state index contributed by atoms with van der Waals surface area (Å²) in [6.07, 6.45) is 1.26. The van der Waals surface area contributed by atoms with Crippen LogP contribution in [0.4, 0.5) is 4.39 Å². The maximum atomic E-state index is 14.5. The van der Waals surface area contributed by atoms with Gasteiger partial charge in [-0.1, -0.05) is 42.5 Å². The second-order valence-electron chi connectivity index (χ2n) is 6.52. The van der Waals surface area contributed by atoms with Crippen molar-refractivity contribution >= 4 is 15.8 Å². The molecule has 1 aliphatic rings. The summed E-state index contributed by atoms with van der Waals surface area (Å²) in [7, 11) is -3.31. The molecule has 26 heavy (non-hydrogen) atoms. The van der Waals surface area contributed by atoms with Gasteiger partial charge in [0.25, 0.3) is 0 Å². The predicted octanol–water partition coefficient (Wildman–Crippen LogP) is 3.74. The molecule has 1 aliphatic heterocycles. The second-order valence-corrected chi connectivity index (χ2v) is 8.78. The largest absolute Gasteiger partial charge is 0.294 e. The molecule has 0 aliphatic carbocycles. The van der Waals surface area contributed by atoms with Crippen molar-refractivity contribution in [3.8, 4) is 11.1 Å². The van der Waals surface area contributed by atoms with Crippen molar-refractivity contribution in [1.82, 2.24) is 4.31 Å². The summed E-state index contributed by atoms with van der Waals surface area (Å²) in [5, 5.41) is 0. The monoisotopic (exact) mass is 375 g/mol. The van der Waals surface area contributed by atoms with Crippen molar-refractivity contribution in [3.05, 3.63) is 59.9 Å². The van der Waals surface area contributed by atoms with E-state index >= 15 is 0 Å². The molecule has 4 nitrogen and oxygen atoms in total. The first-order valence-corrected chi connectivity index (χ1v) is 10.4. The topological polar surface area (TPSA) is 54.5 Å². The SMILES string of the molecule is CCS(=O)(=O)N1CCC[C@H](C(=O)c2ccc(-c3ccccc3)c(F)c2)C1. The number of piperidine rings is 1. The summed E-state index contributed by atoms with van der Waals surface area (Å²) < 4.78 is 40.0. The third-order valence-electron chi connectivity index (χ3n) is 4.85. The van der Waals surface area contributed by atoms with Gasteiger partial charge in [-0.3, -0.25) is 4.79 Å². The Morgan fingerprint density at radius 3 is 2.58 bits per heavy atom. The van der Waals surface area contributed by atoms with E-state index in [1.54, 1.807) is 19.1 Å². The zero-order chi connectivity index (χ0) is 18.7. The molecule has 2 aromatic carbocycles. The minimum absolute atomic E-state index is 0.0221. The van der Waals surface area contributed by atoms with Gasteiger partial charge in [-0.05, 0) is 31.4 Å². The fourth-order valence-electron chi connectivity index (χ4n) is 3.35. The fraction of sp³-hybridized carbons (Fsp3) is 0.350. The number of hydrogen-bond acceptors (Lipinski definition) is 3. The number of ketones is 1. The van der Waals surface area contributed by atoms with Crippen LogP contribution in [0.15, 0.2) is 48.5 Å². The third-order valence-corrected chi connectivity index (χ3v) is 6.70. The minimum Gasteiger partial charge on any atom is -0.294 e. The molecular weight excluding hydrogens is 353 g/mol. The van der Waals surface area contributed by atoms with Gasteiger partial charge in [-0.2, -0.15) is 0 Å². The predicted molar refractivity (Wildman–Crippen MR) is 99.9 cm³/mol. The maximum Gasteiger partial charge on any atom is 0.213 e. The Hall–Kier alpha value is -2.05. The molecule has 6 heteroatoms. The van der Waals surface area contributed by atoms with Crippen LogP contribution in [0.3, 0.4) is 0 Å². The third kappa shape index (κ3) is 3.86. The molecule has 0 spiro atoms. The molecule has 0 aromatic heterocycles. The molecule has 1 atom stereocenters. The van der Waals surface area contributed by atoms with Gasteiger partial charge in [0, 0.05) is 30.1 Å². The van der Waals surface area contributed by atoms with E-state index in [9.17, 15) is 17.6 Å². The van der Waals surface area contributed by atoms with E-state index in [0.717, 1.165) is 5.56 Å². The van der Waals surface area contributed by atoms with E-state index in [-0.39, 0.29) is 18.1 Å². The number of carbonyl (C=O) groups excluding carboxylic acids is 1. The number of Topliss-reactive ketones (excluding diaryl/α,β-unsaturated/α-hetero) is 1. The highest BCUT2D eigenvalue weighted by atomic mass is 32.2. The Kier molecular flexibility index (Phi) is 5.53. The van der Waals surface area contributed by atoms with Gasteiger partial charge < -0.3 is 0 Å². The molecule has 2 aromatic rings. The molecule has 1 fully saturated rings. The summed E-state index contributed by atoms with van der Waals surface area (Å²) in [5.74, 6) is -1.05. The highest BCUT2D eigenvalue weighted by molar-refractivity contribution is 7.89. The van der Waals surface area contributed by atoms with Gasteiger partial charge in [0.15, 0.2) is 5.78 Å². The van der Waals surface area contributed by atoms with Crippen LogP contribution in [0.5, 0.6) is 0 Å². The van der Waals surface area contributed by atoms with E-state index in [4.69, 9.17) is 0 Å². The van der Waals surface area contributed by atoms with E-state index in [1.807, 2.05) is 30.3 Å². The number of halogens is 1. The number of carbonyl (C=O) groups is 1. The van der Waals surface area contributed by atoms with Crippen LogP contribution in [0.25, 0.3) is 11.1 Å². The molecule has 0 saturated carbocycles. The summed E-state index contributed by atoms with van der Waals surface area (Å²) in [4.78, 5) is 12.8. The Morgan fingerprint density at radius 2 is 1.92 bits per heavy atom. The second kappa shape index (κ2) is 7.68. The molecule has 0 unspecified atom stereocenters. The first-order valence-electron chi connectivity index (χ1n) is 8.79. The Morgan fingerprint density at radius 1 is 1.19 bits per heavy atom. The lowest BCUT2D eigenvalue weighted by Gasteiger charge is -2.31. The molecule has 1 saturated heterocycles. The van der Waals surface area contributed by atoms with Crippen LogP contribution in [-0.4, -0.2) is 37.3 Å². The average molecular weight is 375 g/mol. The van der Waals surface area contributed by atoms with Crippen LogP contribution in [0.2, 0.25) is 0 Å². The molecular formula is C20H22FNO3S. The first kappa shape index (κ1) is 18.7. The summed E-state index contributed by atoms with van der Waals surface area (Å²) in [5.41, 5.74) is 1.49. The molecule has 0 amide bonds. The molecule has 138 valence electrons. The van der Waals surface area contributed by atoms with E-state index in [2.05, 4.69) is 0 Å². The fourth-order valence-corrected chi connectivity index (χ4v) is 4.53. The average Bonchev–Trinajstić information content (AvgIpc) is 2.68. The van der Waals surface area contributed by atoms with Crippen molar-refractivity contribution in [1.29, 1.82) is 0 Å². The first-order chi connectivity index (χ1) is 12.4. The lowest BCUT2D eigenvalue weighted by atomic mass is 9.90. The Bertz CT molecular complexity index is 897. The van der Waals surface area contributed by atoms with Crippen LogP contribution in [0.1, 0.15) is 30.1 Å². The normalized spacial score (nSPS) is 18.6. The van der Waals surface area contributed by atoms with E-state index in [1.165, 1.54) is 10.4 Å². The van der Waals surface area contributed by atoms with E-state index < -0.39 is 21.8 Å². The summed E-state index contributed by atoms with van der Waals surface area (Å²) >= 11 is 0. The molecule has 1 heterocycles. The number of hydrogen-bond donors (Lipinski definition) is 0. The Balaban J connectivity index is 1.81. The number of sulfonamides is 1. The number of benzene rings is 2. The van der Waals surface area contributed by atoms with Crippen molar-refractivity contribution in [2.75, 3.05) is 18.8 Å². The lowest BCUT2D eigenvalue weighted by Crippen LogP contribution is -2.42. The highest BCUT2D eigenvalue weighted by Gasteiger charge is 2.32. The quantitative estimate of drug-likeness (QED) is 0.748. The number of nitrogens with zero attached hydrogens (tertiary/aromatic N) is 1. The van der Waals surface area contributed by atoms with Gasteiger partial charge in [0.2, 0.25) is 10.0 Å². The van der Waals surface area contributed by atoms with Crippen LogP contribution < -0.4 is 0 Å². The van der Waals surface area contributed by atoms with Gasteiger partial charge in [0.1, 0.15) is 5.82 Å².